The normalized spacial score (nSPS) is 10.4. The van der Waals surface area contributed by atoms with Crippen LogP contribution in [-0.2, 0) is 0 Å². The lowest BCUT2D eigenvalue weighted by molar-refractivity contribution is 0.387. The van der Waals surface area contributed by atoms with Crippen LogP contribution in [0.2, 0.25) is 0 Å². The van der Waals surface area contributed by atoms with Crippen LogP contribution in [0.25, 0.3) is 10.8 Å². The fourth-order valence-electron chi connectivity index (χ4n) is 1.35. The highest BCUT2D eigenvalue weighted by Crippen LogP contribution is 2.26. The first kappa shape index (κ1) is 8.74. The maximum Gasteiger partial charge on any atom is 0.165 e. The van der Waals surface area contributed by atoms with E-state index in [0.717, 1.165) is 5.39 Å². The van der Waals surface area contributed by atoms with Crippen molar-refractivity contribution in [3.63, 3.8) is 0 Å². The van der Waals surface area contributed by atoms with E-state index in [1.807, 2.05) is 0 Å². The molecule has 72 valence electrons. The van der Waals surface area contributed by atoms with Gasteiger partial charge in [-0.25, -0.2) is 9.37 Å². The van der Waals surface area contributed by atoms with Gasteiger partial charge in [0.05, 0.1) is 7.11 Å². The summed E-state index contributed by atoms with van der Waals surface area (Å²) in [5.41, 5.74) is 5.60. The predicted molar refractivity (Wildman–Crippen MR) is 52.7 cm³/mol. The Morgan fingerprint density at radius 1 is 1.43 bits per heavy atom. The Morgan fingerprint density at radius 3 is 2.93 bits per heavy atom. The summed E-state index contributed by atoms with van der Waals surface area (Å²) < 4.78 is 18.1. The number of hydrogen-bond acceptors (Lipinski definition) is 3. The second-order valence-electron chi connectivity index (χ2n) is 2.90. The van der Waals surface area contributed by atoms with E-state index >= 15 is 0 Å². The average molecular weight is 192 g/mol. The van der Waals surface area contributed by atoms with E-state index in [-0.39, 0.29) is 5.75 Å². The maximum absolute atomic E-state index is 13.3. The van der Waals surface area contributed by atoms with Gasteiger partial charge in [0, 0.05) is 11.6 Å². The van der Waals surface area contributed by atoms with Crippen LogP contribution in [0.4, 0.5) is 10.2 Å². The largest absolute Gasteiger partial charge is 0.494 e. The Morgan fingerprint density at radius 2 is 2.21 bits per heavy atom. The van der Waals surface area contributed by atoms with Gasteiger partial charge in [-0.2, -0.15) is 0 Å². The molecule has 0 aliphatic rings. The minimum Gasteiger partial charge on any atom is -0.494 e. The van der Waals surface area contributed by atoms with Gasteiger partial charge in [0.2, 0.25) is 0 Å². The number of aromatic nitrogens is 1. The Hall–Kier alpha value is -1.84. The summed E-state index contributed by atoms with van der Waals surface area (Å²) in [5, 5.41) is 1.42. The summed E-state index contributed by atoms with van der Waals surface area (Å²) in [4.78, 5) is 3.87. The maximum atomic E-state index is 13.3. The van der Waals surface area contributed by atoms with Crippen molar-refractivity contribution in [2.45, 2.75) is 0 Å². The number of methoxy groups -OCH3 is 1. The number of pyridine rings is 1. The third-order valence-electron chi connectivity index (χ3n) is 2.07. The van der Waals surface area contributed by atoms with Crippen molar-refractivity contribution < 1.29 is 9.13 Å². The lowest BCUT2D eigenvalue weighted by atomic mass is 10.1. The monoisotopic (exact) mass is 192 g/mol. The molecule has 0 aliphatic carbocycles. The Bertz CT molecular complexity index is 485. The van der Waals surface area contributed by atoms with Crippen LogP contribution >= 0.6 is 0 Å². The summed E-state index contributed by atoms with van der Waals surface area (Å²) >= 11 is 0. The molecule has 0 unspecified atom stereocenters. The Balaban J connectivity index is 2.79. The molecule has 0 amide bonds. The number of benzene rings is 1. The van der Waals surface area contributed by atoms with Gasteiger partial charge < -0.3 is 10.5 Å². The van der Waals surface area contributed by atoms with Crippen molar-refractivity contribution in [2.24, 2.45) is 0 Å². The number of nitrogens with zero attached hydrogens (tertiary/aromatic N) is 1. The molecule has 2 rings (SSSR count). The lowest BCUT2D eigenvalue weighted by Gasteiger charge is -2.05. The third-order valence-corrected chi connectivity index (χ3v) is 2.07. The fourth-order valence-corrected chi connectivity index (χ4v) is 1.35. The number of hydrogen-bond donors (Lipinski definition) is 1. The second-order valence-corrected chi connectivity index (χ2v) is 2.90. The molecule has 1 aromatic heterocycles. The topological polar surface area (TPSA) is 48.1 Å². The first-order valence-electron chi connectivity index (χ1n) is 4.10. The number of nitrogen functional groups attached to an aromatic ring is 1. The second kappa shape index (κ2) is 3.14. The first-order chi connectivity index (χ1) is 6.72. The molecule has 0 spiro atoms. The van der Waals surface area contributed by atoms with Crippen molar-refractivity contribution in [1.29, 1.82) is 0 Å². The summed E-state index contributed by atoms with van der Waals surface area (Å²) in [6.07, 6.45) is 1.58. The van der Waals surface area contributed by atoms with Crippen LogP contribution in [0.5, 0.6) is 5.75 Å². The number of halogens is 1. The molecule has 14 heavy (non-hydrogen) atoms. The van der Waals surface area contributed by atoms with Crippen LogP contribution in [0.1, 0.15) is 0 Å². The average Bonchev–Trinajstić information content (AvgIpc) is 2.19. The summed E-state index contributed by atoms with van der Waals surface area (Å²) in [5.74, 6) is 0.104. The fraction of sp³-hybridized carbons (Fsp3) is 0.100. The molecule has 2 N–H and O–H groups in total. The van der Waals surface area contributed by atoms with Crippen LogP contribution < -0.4 is 10.5 Å². The number of fused-ring (bicyclic) bond motifs is 1. The molecule has 1 aromatic carbocycles. The van der Waals surface area contributed by atoms with Gasteiger partial charge >= 0.3 is 0 Å². The van der Waals surface area contributed by atoms with E-state index in [0.29, 0.717) is 11.2 Å². The number of ether oxygens (including phenoxy) is 1. The molecule has 3 nitrogen and oxygen atoms in total. The molecule has 0 saturated carbocycles. The molecule has 0 fully saturated rings. The van der Waals surface area contributed by atoms with E-state index < -0.39 is 5.82 Å². The van der Waals surface area contributed by atoms with E-state index in [9.17, 15) is 4.39 Å². The number of anilines is 1. The van der Waals surface area contributed by atoms with Crippen LogP contribution in [-0.4, -0.2) is 12.1 Å². The zero-order valence-electron chi connectivity index (χ0n) is 7.62. The molecule has 1 heterocycles. The van der Waals surface area contributed by atoms with Crippen LogP contribution in [0, 0.1) is 5.82 Å². The third kappa shape index (κ3) is 1.25. The predicted octanol–water partition coefficient (Wildman–Crippen LogP) is 1.96. The molecule has 0 radical (unpaired) electrons. The van der Waals surface area contributed by atoms with E-state index in [1.54, 1.807) is 18.3 Å². The highest BCUT2D eigenvalue weighted by molar-refractivity contribution is 5.91. The van der Waals surface area contributed by atoms with Gasteiger partial charge in [0.25, 0.3) is 0 Å². The summed E-state index contributed by atoms with van der Waals surface area (Å²) in [7, 11) is 1.43. The van der Waals surface area contributed by atoms with Crippen molar-refractivity contribution in [1.82, 2.24) is 4.98 Å². The Kier molecular flexibility index (Phi) is 1.96. The van der Waals surface area contributed by atoms with Crippen molar-refractivity contribution in [3.8, 4) is 5.75 Å². The zero-order chi connectivity index (χ0) is 10.1. The van der Waals surface area contributed by atoms with Gasteiger partial charge in [-0.15, -0.1) is 0 Å². The molecule has 4 heteroatoms. The smallest absolute Gasteiger partial charge is 0.165 e. The van der Waals surface area contributed by atoms with Crippen molar-refractivity contribution >= 4 is 16.6 Å². The molecule has 0 atom stereocenters. The summed E-state index contributed by atoms with van der Waals surface area (Å²) in [6.45, 7) is 0. The zero-order valence-corrected chi connectivity index (χ0v) is 7.62. The van der Waals surface area contributed by atoms with Crippen molar-refractivity contribution in [2.75, 3.05) is 12.8 Å². The Labute approximate surface area is 80.3 Å². The quantitative estimate of drug-likeness (QED) is 0.751. The van der Waals surface area contributed by atoms with Crippen LogP contribution in [0.3, 0.4) is 0 Å². The minimum absolute atomic E-state index is 0.211. The van der Waals surface area contributed by atoms with E-state index in [4.69, 9.17) is 10.5 Å². The molecule has 2 aromatic rings. The molecule has 0 aliphatic heterocycles. The SMILES string of the molecule is COc1cc2ccnc(N)c2cc1F. The first-order valence-corrected chi connectivity index (χ1v) is 4.10. The standard InChI is InChI=1S/C10H9FN2O/c1-14-9-4-6-2-3-13-10(12)7(6)5-8(9)11/h2-5H,1H3,(H2,12,13). The van der Waals surface area contributed by atoms with Gasteiger partial charge in [-0.3, -0.25) is 0 Å². The molecule has 0 saturated heterocycles. The number of rotatable bonds is 1. The van der Waals surface area contributed by atoms with Gasteiger partial charge in [0.15, 0.2) is 11.6 Å². The highest BCUT2D eigenvalue weighted by Gasteiger charge is 2.06. The van der Waals surface area contributed by atoms with Crippen molar-refractivity contribution in [3.05, 3.63) is 30.2 Å². The van der Waals surface area contributed by atoms with Gasteiger partial charge in [0.1, 0.15) is 5.82 Å². The molecule has 0 bridgehead atoms. The van der Waals surface area contributed by atoms with Crippen LogP contribution in [0.15, 0.2) is 24.4 Å². The summed E-state index contributed by atoms with van der Waals surface area (Å²) in [6, 6.07) is 4.69. The van der Waals surface area contributed by atoms with Gasteiger partial charge in [-0.1, -0.05) is 0 Å². The van der Waals surface area contributed by atoms with E-state index in [2.05, 4.69) is 4.98 Å². The van der Waals surface area contributed by atoms with E-state index in [1.165, 1.54) is 13.2 Å². The number of nitrogens with two attached hydrogens (primary N) is 1. The molecular weight excluding hydrogens is 183 g/mol. The minimum atomic E-state index is -0.431. The highest BCUT2D eigenvalue weighted by atomic mass is 19.1. The lowest BCUT2D eigenvalue weighted by Crippen LogP contribution is -1.93. The molecular formula is C10H9FN2O. The van der Waals surface area contributed by atoms with Gasteiger partial charge in [-0.05, 0) is 23.6 Å².